The van der Waals surface area contributed by atoms with Gasteiger partial charge >= 0.3 is 80.9 Å². The molecule has 0 unspecified atom stereocenters. The van der Waals surface area contributed by atoms with E-state index in [1.165, 1.54) is 0 Å². The molecule has 0 spiro atoms. The second kappa shape index (κ2) is 17.7. The van der Waals surface area contributed by atoms with Crippen molar-refractivity contribution in [1.29, 1.82) is 0 Å². The Morgan fingerprint density at radius 1 is 1.00 bits per heavy atom. The van der Waals surface area contributed by atoms with Crippen LogP contribution in [-0.4, -0.2) is 91.5 Å². The molecule has 0 amide bonds. The van der Waals surface area contributed by atoms with Gasteiger partial charge in [-0.3, -0.25) is 10.5 Å². The zero-order valence-corrected chi connectivity index (χ0v) is 0.894. The maximum atomic E-state index is 6.00. The monoisotopic (exact) mass is 98.0 g/mol. The van der Waals surface area contributed by atoms with Gasteiger partial charge in [0.2, 0.25) is 0 Å². The minimum atomic E-state index is 0. The molecule has 0 aliphatic heterocycles. The summed E-state index contributed by atoms with van der Waals surface area (Å²) in [5.41, 5.74) is 0. The van der Waals surface area contributed by atoms with E-state index in [-0.39, 0.29) is 80.9 Å². The Morgan fingerprint density at radius 2 is 1.00 bits per heavy atom. The van der Waals surface area contributed by atoms with Gasteiger partial charge < -0.3 is 0 Å². The van der Waals surface area contributed by atoms with Gasteiger partial charge in [-0.05, 0) is 0 Å². The van der Waals surface area contributed by atoms with Crippen LogP contribution in [0.15, 0.2) is 0 Å². The van der Waals surface area contributed by atoms with Gasteiger partial charge in [0.1, 0.15) is 0 Å². The quantitative estimate of drug-likeness (QED) is 0.225. The van der Waals surface area contributed by atoms with E-state index in [2.05, 4.69) is 0 Å². The number of rotatable bonds is 0. The standard InChI is InChI=1S/K.Na.H2O2.2H/c;;1-2;;/h;;1-2H;;. The average Bonchev–Trinajstić information content (AvgIpc) is 1.00. The third kappa shape index (κ3) is 8.82. The van der Waals surface area contributed by atoms with Gasteiger partial charge in [0.25, 0.3) is 0 Å². The molecule has 4 heteroatoms. The van der Waals surface area contributed by atoms with Crippen LogP contribution in [0.5, 0.6) is 0 Å². The van der Waals surface area contributed by atoms with Crippen LogP contribution in [0.4, 0.5) is 0 Å². The fourth-order valence-electron chi connectivity index (χ4n) is 0. The molecule has 2 N–H and O–H groups in total. The molecule has 0 saturated carbocycles. The molecule has 0 saturated heterocycles. The first-order valence-corrected chi connectivity index (χ1v) is 0.200. The maximum absolute atomic E-state index is 6.00. The molecule has 4 heavy (non-hydrogen) atoms. The summed E-state index contributed by atoms with van der Waals surface area (Å²) in [6.45, 7) is 0. The van der Waals surface area contributed by atoms with Crippen molar-refractivity contribution in [2.75, 3.05) is 0 Å². The van der Waals surface area contributed by atoms with E-state index in [0.717, 1.165) is 0 Å². The van der Waals surface area contributed by atoms with Gasteiger partial charge in [-0.2, -0.15) is 0 Å². The molecule has 2 nitrogen and oxygen atoms in total. The van der Waals surface area contributed by atoms with Crippen LogP contribution < -0.4 is 0 Å². The van der Waals surface area contributed by atoms with Crippen LogP contribution in [0.2, 0.25) is 0 Å². The van der Waals surface area contributed by atoms with Gasteiger partial charge in [0, 0.05) is 0 Å². The van der Waals surface area contributed by atoms with E-state index in [1.54, 1.807) is 0 Å². The van der Waals surface area contributed by atoms with Crippen molar-refractivity contribution in [2.24, 2.45) is 0 Å². The van der Waals surface area contributed by atoms with Gasteiger partial charge in [0.05, 0.1) is 0 Å². The average molecular weight is 98.1 g/mol. The van der Waals surface area contributed by atoms with Gasteiger partial charge in [0.15, 0.2) is 0 Å². The molecule has 0 radical (unpaired) electrons. The Labute approximate surface area is 89.2 Å². The first-order valence-electron chi connectivity index (χ1n) is 0.200. The zero-order valence-electron chi connectivity index (χ0n) is 0.894. The summed E-state index contributed by atoms with van der Waals surface area (Å²) >= 11 is 0. The molecule has 0 aromatic heterocycles. The summed E-state index contributed by atoms with van der Waals surface area (Å²) in [7, 11) is 0. The van der Waals surface area contributed by atoms with Crippen LogP contribution in [0.25, 0.3) is 0 Å². The molecule has 18 valence electrons. The molecule has 0 heterocycles. The predicted molar refractivity (Wildman–Crippen MR) is 19.6 cm³/mol. The molecule has 0 aliphatic carbocycles. The van der Waals surface area contributed by atoms with Crippen molar-refractivity contribution in [3.8, 4) is 0 Å². The van der Waals surface area contributed by atoms with E-state index in [1.807, 2.05) is 0 Å². The minimum absolute atomic E-state index is 0. The molecule has 0 rings (SSSR count). The Balaban J connectivity index is -0.00000000500. The number of hydrogen-bond donors (Lipinski definition) is 2. The first-order chi connectivity index (χ1) is 1.00. The second-order valence-corrected chi connectivity index (χ2v) is 0. The molecule has 0 bridgehead atoms. The van der Waals surface area contributed by atoms with Gasteiger partial charge in [-0.1, -0.05) is 0 Å². The molecular weight excluding hydrogens is 94.1 g/mol. The molecule has 0 aromatic carbocycles. The van der Waals surface area contributed by atoms with Crippen molar-refractivity contribution in [1.82, 2.24) is 0 Å². The summed E-state index contributed by atoms with van der Waals surface area (Å²) < 4.78 is 0. The van der Waals surface area contributed by atoms with E-state index >= 15 is 0 Å². The van der Waals surface area contributed by atoms with Crippen LogP contribution in [0.1, 0.15) is 0 Å². The molecular formula is H4KNaO2. The third-order valence-corrected chi connectivity index (χ3v) is 0. The second-order valence-electron chi connectivity index (χ2n) is 0. The Hall–Kier alpha value is 2.56. The summed E-state index contributed by atoms with van der Waals surface area (Å²) in [4.78, 5) is 0. The Kier molecular flexibility index (Phi) is 70.6. The van der Waals surface area contributed by atoms with E-state index in [9.17, 15) is 0 Å². The molecule has 0 aromatic rings. The van der Waals surface area contributed by atoms with Gasteiger partial charge in [-0.25, -0.2) is 0 Å². The van der Waals surface area contributed by atoms with E-state index < -0.39 is 0 Å². The summed E-state index contributed by atoms with van der Waals surface area (Å²) in [6.07, 6.45) is 0. The van der Waals surface area contributed by atoms with Crippen molar-refractivity contribution in [3.63, 3.8) is 0 Å². The SMILES string of the molecule is OO.[KH].[NaH]. The fourth-order valence-corrected chi connectivity index (χ4v) is 0. The van der Waals surface area contributed by atoms with Crippen LogP contribution in [-0.2, 0) is 0 Å². The summed E-state index contributed by atoms with van der Waals surface area (Å²) in [5.74, 6) is 0. The van der Waals surface area contributed by atoms with Crippen LogP contribution in [0, 0.1) is 0 Å². The predicted octanol–water partition coefficient (Wildman–Crippen LogP) is -1.28. The van der Waals surface area contributed by atoms with Crippen LogP contribution >= 0.6 is 0 Å². The third-order valence-electron chi connectivity index (χ3n) is 0. The zero-order chi connectivity index (χ0) is 2.00. The van der Waals surface area contributed by atoms with Crippen molar-refractivity contribution < 1.29 is 10.5 Å². The molecule has 0 fully saturated rings. The van der Waals surface area contributed by atoms with Crippen LogP contribution in [0.3, 0.4) is 0 Å². The Morgan fingerprint density at radius 3 is 1.00 bits per heavy atom. The Bertz CT molecular complexity index is 6.00. The van der Waals surface area contributed by atoms with Crippen molar-refractivity contribution in [3.05, 3.63) is 0 Å². The topological polar surface area (TPSA) is 40.5 Å². The summed E-state index contributed by atoms with van der Waals surface area (Å²) in [5, 5.41) is 12.0. The van der Waals surface area contributed by atoms with Crippen molar-refractivity contribution >= 4 is 80.9 Å². The molecule has 0 atom stereocenters. The number of hydrogen-bond acceptors (Lipinski definition) is 2. The van der Waals surface area contributed by atoms with E-state index in [4.69, 9.17) is 10.5 Å². The fraction of sp³-hybridized carbons (Fsp3) is 0. The first kappa shape index (κ1) is 16.0. The summed E-state index contributed by atoms with van der Waals surface area (Å²) in [6, 6.07) is 0. The van der Waals surface area contributed by atoms with Gasteiger partial charge in [-0.15, -0.1) is 0 Å². The van der Waals surface area contributed by atoms with E-state index in [0.29, 0.717) is 0 Å². The van der Waals surface area contributed by atoms with Crippen molar-refractivity contribution in [2.45, 2.75) is 0 Å². The molecule has 0 aliphatic rings. The normalized spacial score (nSPS) is 1.50.